The molecule has 0 atom stereocenters. The molecule has 3 aromatic heterocycles. The molecule has 0 spiro atoms. The Labute approximate surface area is 177 Å². The summed E-state index contributed by atoms with van der Waals surface area (Å²) in [4.78, 5) is 23.6. The summed E-state index contributed by atoms with van der Waals surface area (Å²) in [6, 6.07) is 7.32. The smallest absolute Gasteiger partial charge is 0.227 e. The van der Waals surface area contributed by atoms with E-state index in [0.29, 0.717) is 25.2 Å². The first-order chi connectivity index (χ1) is 15.0. The summed E-state index contributed by atoms with van der Waals surface area (Å²) in [7, 11) is 1.86. The number of aryl methyl sites for hydroxylation is 1. The Morgan fingerprint density at radius 3 is 2.77 bits per heavy atom. The van der Waals surface area contributed by atoms with Crippen LogP contribution in [0, 0.1) is 11.6 Å². The lowest BCUT2D eigenvalue weighted by atomic mass is 10.0. The van der Waals surface area contributed by atoms with Gasteiger partial charge in [-0.25, -0.2) is 18.7 Å². The van der Waals surface area contributed by atoms with Crippen LogP contribution >= 0.6 is 0 Å². The lowest BCUT2D eigenvalue weighted by molar-refractivity contribution is -0.131. The quantitative estimate of drug-likeness (QED) is 0.510. The van der Waals surface area contributed by atoms with Gasteiger partial charge in [0.2, 0.25) is 5.91 Å². The first kappa shape index (κ1) is 19.3. The summed E-state index contributed by atoms with van der Waals surface area (Å²) < 4.78 is 28.8. The molecule has 6 nitrogen and oxygen atoms in total. The molecule has 0 saturated carbocycles. The Bertz CT molecular complexity index is 1320. The second kappa shape index (κ2) is 7.54. The summed E-state index contributed by atoms with van der Waals surface area (Å²) in [6.07, 6.45) is 5.99. The molecule has 31 heavy (non-hydrogen) atoms. The summed E-state index contributed by atoms with van der Waals surface area (Å²) in [5.41, 5.74) is 4.65. The van der Waals surface area contributed by atoms with E-state index in [1.807, 2.05) is 25.4 Å². The average Bonchev–Trinajstić information content (AvgIpc) is 3.19. The van der Waals surface area contributed by atoms with E-state index in [-0.39, 0.29) is 17.9 Å². The van der Waals surface area contributed by atoms with Gasteiger partial charge in [0.1, 0.15) is 11.6 Å². The maximum absolute atomic E-state index is 13.9. The van der Waals surface area contributed by atoms with Gasteiger partial charge in [-0.15, -0.1) is 0 Å². The Morgan fingerprint density at radius 1 is 1.13 bits per heavy atom. The van der Waals surface area contributed by atoms with Crippen molar-refractivity contribution in [1.82, 2.24) is 24.6 Å². The highest BCUT2D eigenvalue weighted by atomic mass is 19.1. The van der Waals surface area contributed by atoms with Crippen molar-refractivity contribution >= 4 is 16.9 Å². The lowest BCUT2D eigenvalue weighted by Gasteiger charge is -2.28. The molecule has 4 heterocycles. The van der Waals surface area contributed by atoms with E-state index < -0.39 is 11.6 Å². The van der Waals surface area contributed by atoms with Crippen molar-refractivity contribution in [2.24, 2.45) is 7.05 Å². The molecule has 0 N–H and O–H groups in total. The molecule has 0 bridgehead atoms. The van der Waals surface area contributed by atoms with Crippen molar-refractivity contribution in [1.29, 1.82) is 0 Å². The molecule has 1 aliphatic rings. The van der Waals surface area contributed by atoms with Gasteiger partial charge >= 0.3 is 0 Å². The van der Waals surface area contributed by atoms with Crippen LogP contribution in [0.5, 0.6) is 0 Å². The Balaban J connectivity index is 1.40. The maximum Gasteiger partial charge on any atom is 0.227 e. The van der Waals surface area contributed by atoms with Crippen LogP contribution in [0.4, 0.5) is 8.78 Å². The van der Waals surface area contributed by atoms with Crippen LogP contribution in [0.15, 0.2) is 48.9 Å². The molecule has 5 rings (SSSR count). The summed E-state index contributed by atoms with van der Waals surface area (Å²) >= 11 is 0. The van der Waals surface area contributed by atoms with Crippen LogP contribution in [0.2, 0.25) is 0 Å². The Kier molecular flexibility index (Phi) is 4.69. The van der Waals surface area contributed by atoms with E-state index in [1.54, 1.807) is 22.0 Å². The van der Waals surface area contributed by atoms with Crippen LogP contribution < -0.4 is 0 Å². The van der Waals surface area contributed by atoms with Gasteiger partial charge < -0.3 is 4.90 Å². The van der Waals surface area contributed by atoms with Crippen molar-refractivity contribution in [2.75, 3.05) is 6.54 Å². The third kappa shape index (κ3) is 3.76. The standard InChI is InChI=1S/C23H19F2N5O/c1-29-12-18(11-27-29)16-6-15-7-17-13-30(5-4-21(17)28-23(15)26-10-16)22(31)8-14-2-3-19(24)9-20(14)25/h2-3,6-7,9-12H,4-5,8,13H2,1H3. The largest absolute Gasteiger partial charge is 0.338 e. The number of carbonyl (C=O) groups is 1. The maximum atomic E-state index is 13.9. The monoisotopic (exact) mass is 419 g/mol. The van der Waals surface area contributed by atoms with E-state index in [9.17, 15) is 13.6 Å². The van der Waals surface area contributed by atoms with Gasteiger partial charge in [-0.1, -0.05) is 6.07 Å². The zero-order valence-electron chi connectivity index (χ0n) is 16.8. The van der Waals surface area contributed by atoms with Gasteiger partial charge in [0.15, 0.2) is 5.65 Å². The zero-order valence-corrected chi connectivity index (χ0v) is 16.8. The first-order valence-corrected chi connectivity index (χ1v) is 9.95. The van der Waals surface area contributed by atoms with Crippen LogP contribution in [0.3, 0.4) is 0 Å². The zero-order chi connectivity index (χ0) is 21.5. The molecule has 0 fully saturated rings. The number of amides is 1. The molecule has 4 aromatic rings. The number of benzene rings is 1. The van der Waals surface area contributed by atoms with Crippen LogP contribution in [0.25, 0.3) is 22.2 Å². The predicted octanol–water partition coefficient (Wildman–Crippen LogP) is 3.44. The number of nitrogens with zero attached hydrogens (tertiary/aromatic N) is 5. The molecular formula is C23H19F2N5O. The van der Waals surface area contributed by atoms with E-state index in [2.05, 4.69) is 15.1 Å². The number of pyridine rings is 2. The van der Waals surface area contributed by atoms with Crippen molar-refractivity contribution in [3.8, 4) is 11.1 Å². The highest BCUT2D eigenvalue weighted by molar-refractivity contribution is 5.82. The van der Waals surface area contributed by atoms with Gasteiger partial charge in [0.25, 0.3) is 0 Å². The molecule has 0 aliphatic carbocycles. The van der Waals surface area contributed by atoms with Gasteiger partial charge in [0, 0.05) is 67.2 Å². The first-order valence-electron chi connectivity index (χ1n) is 9.95. The number of hydrogen-bond acceptors (Lipinski definition) is 4. The van der Waals surface area contributed by atoms with Gasteiger partial charge in [-0.3, -0.25) is 9.48 Å². The highest BCUT2D eigenvalue weighted by Crippen LogP contribution is 2.26. The normalized spacial score (nSPS) is 13.5. The lowest BCUT2D eigenvalue weighted by Crippen LogP contribution is -2.37. The second-order valence-electron chi connectivity index (χ2n) is 7.75. The number of hydrogen-bond donors (Lipinski definition) is 0. The molecule has 0 unspecified atom stereocenters. The number of halogens is 2. The minimum absolute atomic E-state index is 0.102. The minimum atomic E-state index is -0.701. The molecule has 1 amide bonds. The fraction of sp³-hybridized carbons (Fsp3) is 0.217. The summed E-state index contributed by atoms with van der Waals surface area (Å²) in [6.45, 7) is 0.901. The van der Waals surface area contributed by atoms with Gasteiger partial charge in [0.05, 0.1) is 12.6 Å². The number of fused-ring (bicyclic) bond motifs is 2. The van der Waals surface area contributed by atoms with Crippen LogP contribution in [-0.4, -0.2) is 37.1 Å². The number of rotatable bonds is 3. The molecule has 156 valence electrons. The van der Waals surface area contributed by atoms with Crippen molar-refractivity contribution < 1.29 is 13.6 Å². The molecule has 0 saturated heterocycles. The van der Waals surface area contributed by atoms with Crippen molar-refractivity contribution in [2.45, 2.75) is 19.4 Å². The molecule has 1 aliphatic heterocycles. The van der Waals surface area contributed by atoms with E-state index in [4.69, 9.17) is 0 Å². The van der Waals surface area contributed by atoms with Gasteiger partial charge in [-0.2, -0.15) is 5.10 Å². The number of aromatic nitrogens is 4. The van der Waals surface area contributed by atoms with E-state index in [1.165, 1.54) is 12.1 Å². The molecular weight excluding hydrogens is 400 g/mol. The third-order valence-electron chi connectivity index (χ3n) is 5.56. The minimum Gasteiger partial charge on any atom is -0.338 e. The van der Waals surface area contributed by atoms with Crippen molar-refractivity contribution in [3.05, 3.63) is 77.4 Å². The fourth-order valence-corrected chi connectivity index (χ4v) is 3.90. The van der Waals surface area contributed by atoms with Crippen molar-refractivity contribution in [3.63, 3.8) is 0 Å². The van der Waals surface area contributed by atoms with Crippen LogP contribution in [0.1, 0.15) is 16.8 Å². The molecule has 0 radical (unpaired) electrons. The van der Waals surface area contributed by atoms with E-state index in [0.717, 1.165) is 33.8 Å². The summed E-state index contributed by atoms with van der Waals surface area (Å²) in [5, 5.41) is 5.09. The number of carbonyl (C=O) groups excluding carboxylic acids is 1. The summed E-state index contributed by atoms with van der Waals surface area (Å²) in [5.74, 6) is -1.55. The van der Waals surface area contributed by atoms with Gasteiger partial charge in [-0.05, 0) is 29.3 Å². The molecule has 8 heteroatoms. The fourth-order valence-electron chi connectivity index (χ4n) is 3.90. The van der Waals surface area contributed by atoms with E-state index >= 15 is 0 Å². The second-order valence-corrected chi connectivity index (χ2v) is 7.75. The Hall–Kier alpha value is -3.68. The third-order valence-corrected chi connectivity index (χ3v) is 5.56. The topological polar surface area (TPSA) is 63.9 Å². The average molecular weight is 419 g/mol. The SMILES string of the molecule is Cn1cc(-c2cnc3nc4c(cc3c2)CN(C(=O)Cc2ccc(F)cc2F)CC4)cn1. The highest BCUT2D eigenvalue weighted by Gasteiger charge is 2.23. The molecule has 1 aromatic carbocycles. The van der Waals surface area contributed by atoms with Crippen LogP contribution in [-0.2, 0) is 31.2 Å². The Morgan fingerprint density at radius 2 is 2.00 bits per heavy atom. The predicted molar refractivity (Wildman–Crippen MR) is 111 cm³/mol.